The molecule has 4 atom stereocenters. The summed E-state index contributed by atoms with van der Waals surface area (Å²) in [5.41, 5.74) is -0.394. The van der Waals surface area contributed by atoms with Crippen LogP contribution in [0.5, 0.6) is 11.8 Å². The lowest BCUT2D eigenvalue weighted by atomic mass is 9.90. The summed E-state index contributed by atoms with van der Waals surface area (Å²) in [6.07, 6.45) is 1.54. The molecule has 2 N–H and O–H groups in total. The molecule has 0 spiro atoms. The summed E-state index contributed by atoms with van der Waals surface area (Å²) in [6.45, 7) is 3.18. The van der Waals surface area contributed by atoms with E-state index in [9.17, 15) is 14.3 Å². The predicted molar refractivity (Wildman–Crippen MR) is 173 cm³/mol. The number of nitrogens with zero attached hydrogens (tertiary/aromatic N) is 5. The number of alkyl halides is 2. The highest BCUT2D eigenvalue weighted by Gasteiger charge is 2.49. The van der Waals surface area contributed by atoms with Gasteiger partial charge in [-0.1, -0.05) is 18.2 Å². The number of rotatable bonds is 3. The lowest BCUT2D eigenvalue weighted by molar-refractivity contribution is 0.107. The first kappa shape index (κ1) is 30.9. The third-order valence-corrected chi connectivity index (χ3v) is 10.3. The largest absolute Gasteiger partial charge is 0.508 e. The third-order valence-electron chi connectivity index (χ3n) is 10.3. The zero-order valence-electron chi connectivity index (χ0n) is 26.6. The number of nitrogens with one attached hydrogen (secondary N) is 1. The maximum Gasteiger partial charge on any atom is 0.407 e. The summed E-state index contributed by atoms with van der Waals surface area (Å²) in [5, 5.41) is 15.2. The number of phenolic OH excluding ortho intramolecular Hbond substituents is 1. The van der Waals surface area contributed by atoms with E-state index in [1.165, 1.54) is 12.3 Å². The van der Waals surface area contributed by atoms with Crippen LogP contribution in [0.4, 0.5) is 23.8 Å². The van der Waals surface area contributed by atoms with Gasteiger partial charge in [-0.15, -0.1) is 0 Å². The van der Waals surface area contributed by atoms with Crippen LogP contribution in [0.25, 0.3) is 32.9 Å². The maximum atomic E-state index is 17.0. The van der Waals surface area contributed by atoms with Gasteiger partial charge in [-0.2, -0.15) is 9.97 Å². The number of anilines is 1. The highest BCUT2D eigenvalue weighted by molar-refractivity contribution is 6.01. The maximum absolute atomic E-state index is 17.0. The molecule has 9 rings (SSSR count). The van der Waals surface area contributed by atoms with Gasteiger partial charge in [-0.3, -0.25) is 9.88 Å². The fourth-order valence-corrected chi connectivity index (χ4v) is 8.35. The Balaban J connectivity index is 1.31. The molecule has 3 fully saturated rings. The van der Waals surface area contributed by atoms with Crippen molar-refractivity contribution in [3.8, 4) is 23.0 Å². The first-order valence-electron chi connectivity index (χ1n) is 16.6. The third kappa shape index (κ3) is 5.41. The second-order valence-electron chi connectivity index (χ2n) is 14.0. The number of pyridine rings is 1. The summed E-state index contributed by atoms with van der Waals surface area (Å²) in [5.74, 6) is -0.595. The Labute approximate surface area is 275 Å². The standard InChI is InChI=1S/C35H37F3N6O4/c1-34-13-22(36)16-43(18-34)31-26-15-39-29(25-12-24(45)11-21-6-2-5-20(27(21)25)7-3-10-47-33(46)42-34)28(38)30(26)40-32(41-31)48-19-35-8-4-9-44(35)17-23(37)14-35/h2,5-6,11-12,15,22-23,45H,3-4,7-10,13-14,16-19H2,1H3,(H,42,46)/t22-,23-,34+,35+/m1/s1. The number of benzene rings is 2. The minimum Gasteiger partial charge on any atom is -0.508 e. The number of halogens is 3. The Bertz CT molecular complexity index is 1930. The number of aromatic nitrogens is 3. The smallest absolute Gasteiger partial charge is 0.407 e. The van der Waals surface area contributed by atoms with E-state index in [0.29, 0.717) is 42.1 Å². The van der Waals surface area contributed by atoms with Gasteiger partial charge in [-0.05, 0) is 67.6 Å². The van der Waals surface area contributed by atoms with Crippen LogP contribution < -0.4 is 15.0 Å². The number of aromatic hydroxyl groups is 1. The number of ether oxygens (including phenoxy) is 2. The van der Waals surface area contributed by atoms with Crippen molar-refractivity contribution in [2.45, 2.75) is 68.9 Å². The van der Waals surface area contributed by atoms with Crippen LogP contribution in [0.1, 0.15) is 44.6 Å². The molecule has 7 heterocycles. The van der Waals surface area contributed by atoms with Crippen LogP contribution >= 0.6 is 0 Å². The van der Waals surface area contributed by atoms with Crippen molar-refractivity contribution in [1.29, 1.82) is 0 Å². The molecular formula is C35H37F3N6O4. The number of fused-ring (bicyclic) bond motifs is 7. The van der Waals surface area contributed by atoms with Gasteiger partial charge in [0.25, 0.3) is 0 Å². The van der Waals surface area contributed by atoms with Gasteiger partial charge < -0.3 is 24.8 Å². The molecule has 0 unspecified atom stereocenters. The van der Waals surface area contributed by atoms with Gasteiger partial charge in [0.05, 0.1) is 29.6 Å². The van der Waals surface area contributed by atoms with Gasteiger partial charge in [0, 0.05) is 37.7 Å². The number of piperidine rings is 1. The number of carbonyl (C=O) groups is 1. The average Bonchev–Trinajstić information content (AvgIpc) is 3.56. The first-order chi connectivity index (χ1) is 23.1. The van der Waals surface area contributed by atoms with E-state index >= 15 is 8.78 Å². The van der Waals surface area contributed by atoms with E-state index in [4.69, 9.17) is 9.47 Å². The number of hydrogen-bond acceptors (Lipinski definition) is 9. The Hall–Kier alpha value is -4.39. The van der Waals surface area contributed by atoms with Gasteiger partial charge in [0.1, 0.15) is 41.7 Å². The van der Waals surface area contributed by atoms with E-state index in [-0.39, 0.29) is 66.9 Å². The minimum atomic E-state index is -1.35. The zero-order chi connectivity index (χ0) is 33.2. The van der Waals surface area contributed by atoms with Gasteiger partial charge >= 0.3 is 12.1 Å². The minimum absolute atomic E-state index is 0.0210. The first-order valence-corrected chi connectivity index (χ1v) is 16.6. The number of hydrogen-bond donors (Lipinski definition) is 2. The Morgan fingerprint density at radius 2 is 2.00 bits per heavy atom. The van der Waals surface area contributed by atoms with Crippen molar-refractivity contribution < 1.29 is 32.5 Å². The second kappa shape index (κ2) is 11.6. The summed E-state index contributed by atoms with van der Waals surface area (Å²) < 4.78 is 58.7. The molecule has 0 radical (unpaired) electrons. The van der Waals surface area contributed by atoms with E-state index in [2.05, 4.69) is 25.2 Å². The summed E-state index contributed by atoms with van der Waals surface area (Å²) in [7, 11) is 0. The fraction of sp³-hybridized carbons (Fsp3) is 0.486. The quantitative estimate of drug-likeness (QED) is 0.289. The zero-order valence-corrected chi connectivity index (χ0v) is 26.6. The van der Waals surface area contributed by atoms with E-state index in [1.54, 1.807) is 17.9 Å². The van der Waals surface area contributed by atoms with Gasteiger partial charge in [0.15, 0.2) is 5.82 Å². The van der Waals surface area contributed by atoms with Crippen molar-refractivity contribution in [3.05, 3.63) is 47.9 Å². The molecule has 10 nitrogen and oxygen atoms in total. The summed E-state index contributed by atoms with van der Waals surface area (Å²) in [6, 6.07) is 8.57. The topological polar surface area (TPSA) is 113 Å². The molecule has 252 valence electrons. The second-order valence-corrected chi connectivity index (χ2v) is 14.0. The van der Waals surface area contributed by atoms with Crippen LogP contribution in [-0.4, -0.2) is 93.9 Å². The molecule has 0 aliphatic carbocycles. The van der Waals surface area contributed by atoms with E-state index in [1.807, 2.05) is 18.2 Å². The number of aryl methyl sites for hydroxylation is 1. The molecule has 1 amide bonds. The Morgan fingerprint density at radius 3 is 2.88 bits per heavy atom. The van der Waals surface area contributed by atoms with Crippen LogP contribution in [-0.2, 0) is 11.2 Å². The number of alkyl carbamates (subject to hydrolysis) is 1. The average molecular weight is 663 g/mol. The van der Waals surface area contributed by atoms with E-state index in [0.717, 1.165) is 24.9 Å². The number of phenols is 1. The van der Waals surface area contributed by atoms with Crippen LogP contribution in [0.3, 0.4) is 0 Å². The molecular weight excluding hydrogens is 625 g/mol. The van der Waals surface area contributed by atoms with Crippen molar-refractivity contribution in [1.82, 2.24) is 25.2 Å². The van der Waals surface area contributed by atoms with Gasteiger partial charge in [0.2, 0.25) is 0 Å². The highest BCUT2D eigenvalue weighted by Crippen LogP contribution is 2.42. The van der Waals surface area contributed by atoms with Crippen molar-refractivity contribution >= 4 is 33.6 Å². The highest BCUT2D eigenvalue weighted by atomic mass is 19.1. The molecule has 5 aliphatic heterocycles. The van der Waals surface area contributed by atoms with Crippen LogP contribution in [0.15, 0.2) is 36.5 Å². The lowest BCUT2D eigenvalue weighted by Gasteiger charge is -2.42. The van der Waals surface area contributed by atoms with Crippen molar-refractivity contribution in [2.24, 2.45) is 0 Å². The SMILES string of the molecule is C[C@]12C[C@@H](F)CN(C1)c1nc(OC[C@@]34CCCN3C[C@H](F)C4)nc3c(F)c(ncc13)-c1cc(O)cc3cccc(c13)CCCOC(=O)N2. The van der Waals surface area contributed by atoms with Crippen LogP contribution in [0, 0.1) is 5.82 Å². The molecule has 2 aromatic carbocycles. The molecule has 0 saturated carbocycles. The molecule has 4 aromatic rings. The Kier molecular flexibility index (Phi) is 7.50. The fourth-order valence-electron chi connectivity index (χ4n) is 8.35. The lowest BCUT2D eigenvalue weighted by Crippen LogP contribution is -2.60. The van der Waals surface area contributed by atoms with Gasteiger partial charge in [-0.25, -0.2) is 18.0 Å². The van der Waals surface area contributed by atoms with Crippen molar-refractivity contribution in [3.63, 3.8) is 0 Å². The number of amides is 1. The number of carbonyl (C=O) groups excluding carboxylic acids is 1. The molecule has 48 heavy (non-hydrogen) atoms. The summed E-state index contributed by atoms with van der Waals surface area (Å²) >= 11 is 0. The normalized spacial score (nSPS) is 27.7. The van der Waals surface area contributed by atoms with Crippen molar-refractivity contribution in [2.75, 3.05) is 44.3 Å². The molecule has 3 saturated heterocycles. The molecule has 6 bridgehead atoms. The van der Waals surface area contributed by atoms with Crippen LogP contribution in [0.2, 0.25) is 0 Å². The molecule has 5 aliphatic rings. The van der Waals surface area contributed by atoms with E-state index < -0.39 is 35.3 Å². The molecule has 13 heteroatoms. The summed E-state index contributed by atoms with van der Waals surface area (Å²) in [4.78, 5) is 30.5. The molecule has 2 aromatic heterocycles. The monoisotopic (exact) mass is 662 g/mol. The predicted octanol–water partition coefficient (Wildman–Crippen LogP) is 5.62. The Morgan fingerprint density at radius 1 is 1.15 bits per heavy atom.